The third-order valence-electron chi connectivity index (χ3n) is 2.64. The van der Waals surface area contributed by atoms with Gasteiger partial charge in [-0.25, -0.2) is 0 Å². The number of hydrogen-bond donors (Lipinski definition) is 1. The lowest BCUT2D eigenvalue weighted by molar-refractivity contribution is -0.163. The van der Waals surface area contributed by atoms with Crippen molar-refractivity contribution in [1.29, 1.82) is 0 Å². The van der Waals surface area contributed by atoms with Crippen molar-refractivity contribution in [3.8, 4) is 0 Å². The Morgan fingerprint density at radius 3 is 1.47 bits per heavy atom. The molecule has 0 aliphatic carbocycles. The Labute approximate surface area is 100 Å². The summed E-state index contributed by atoms with van der Waals surface area (Å²) in [7, 11) is 0. The monoisotopic (exact) mass is 242 g/mol. The Bertz CT molecular complexity index is 309. The Morgan fingerprint density at radius 1 is 0.941 bits per heavy atom. The minimum absolute atomic E-state index is 0.0820. The minimum Gasteiger partial charge on any atom is -0.480 e. The van der Waals surface area contributed by atoms with Gasteiger partial charge < -0.3 is 5.11 Å². The highest BCUT2D eigenvalue weighted by atomic mass is 16.4. The molecule has 0 aromatic heterocycles. The quantitative estimate of drug-likeness (QED) is 0.649. The summed E-state index contributed by atoms with van der Waals surface area (Å²) in [5.74, 6) is -4.17. The van der Waals surface area contributed by atoms with Crippen LogP contribution in [0.25, 0.3) is 0 Å². The summed E-state index contributed by atoms with van der Waals surface area (Å²) in [6.45, 7) is 4.36. The lowest BCUT2D eigenvalue weighted by atomic mass is 9.73. The summed E-state index contributed by atoms with van der Waals surface area (Å²) in [5.41, 5.74) is -2.48. The Kier molecular flexibility index (Phi) is 5.71. The first-order chi connectivity index (χ1) is 7.85. The molecule has 1 N–H and O–H groups in total. The van der Waals surface area contributed by atoms with Crippen LogP contribution in [0.2, 0.25) is 0 Å². The van der Waals surface area contributed by atoms with E-state index in [0.717, 1.165) is 6.92 Å². The van der Waals surface area contributed by atoms with Crippen molar-refractivity contribution in [2.24, 2.45) is 5.41 Å². The Hall–Kier alpha value is -1.52. The van der Waals surface area contributed by atoms with Crippen molar-refractivity contribution < 1.29 is 24.3 Å². The molecule has 5 nitrogen and oxygen atoms in total. The Balaban J connectivity index is 5.60. The van der Waals surface area contributed by atoms with Gasteiger partial charge in [0.25, 0.3) is 0 Å². The van der Waals surface area contributed by atoms with E-state index in [1.807, 2.05) is 0 Å². The van der Waals surface area contributed by atoms with Crippen molar-refractivity contribution in [3.63, 3.8) is 0 Å². The van der Waals surface area contributed by atoms with Gasteiger partial charge in [0.2, 0.25) is 5.41 Å². The van der Waals surface area contributed by atoms with Crippen LogP contribution in [0.4, 0.5) is 0 Å². The van der Waals surface area contributed by atoms with E-state index in [2.05, 4.69) is 0 Å². The van der Waals surface area contributed by atoms with Gasteiger partial charge in [-0.15, -0.1) is 0 Å². The number of carboxylic acids is 1. The van der Waals surface area contributed by atoms with Crippen LogP contribution in [0.3, 0.4) is 0 Å². The van der Waals surface area contributed by atoms with E-state index in [0.29, 0.717) is 12.8 Å². The van der Waals surface area contributed by atoms with Gasteiger partial charge in [0.05, 0.1) is 0 Å². The maximum atomic E-state index is 11.8. The van der Waals surface area contributed by atoms with Gasteiger partial charge in [0.15, 0.2) is 17.3 Å². The summed E-state index contributed by atoms with van der Waals surface area (Å²) in [4.78, 5) is 46.4. The molecule has 0 amide bonds. The average Bonchev–Trinajstić information content (AvgIpc) is 2.17. The van der Waals surface area contributed by atoms with Crippen LogP contribution in [0.15, 0.2) is 0 Å². The number of ketones is 3. The molecule has 0 saturated carbocycles. The van der Waals surface area contributed by atoms with E-state index < -0.39 is 28.7 Å². The second-order valence-electron chi connectivity index (χ2n) is 3.96. The molecule has 17 heavy (non-hydrogen) atoms. The molecule has 0 atom stereocenters. The predicted octanol–water partition coefficient (Wildman–Crippen LogP) is 1.38. The number of carbonyl (C=O) groups is 4. The molecule has 0 spiro atoms. The first-order valence-corrected chi connectivity index (χ1v) is 5.66. The van der Waals surface area contributed by atoms with Gasteiger partial charge in [0.1, 0.15) is 0 Å². The molecule has 0 radical (unpaired) electrons. The maximum absolute atomic E-state index is 11.8. The van der Waals surface area contributed by atoms with E-state index in [9.17, 15) is 19.2 Å². The molecule has 0 aromatic carbocycles. The summed E-state index contributed by atoms with van der Waals surface area (Å²) < 4.78 is 0. The van der Waals surface area contributed by atoms with Crippen LogP contribution in [0, 0.1) is 5.41 Å². The zero-order chi connectivity index (χ0) is 13.6. The number of Topliss-reactive ketones (excluding diaryl/α,β-unsaturated/α-hetero) is 3. The topological polar surface area (TPSA) is 88.5 Å². The maximum Gasteiger partial charge on any atom is 0.332 e. The summed E-state index contributed by atoms with van der Waals surface area (Å²) in [5, 5.41) is 9.13. The van der Waals surface area contributed by atoms with Crippen LogP contribution in [-0.4, -0.2) is 28.4 Å². The molecule has 0 aromatic rings. The molecular weight excluding hydrogens is 224 g/mol. The number of rotatable bonds is 8. The number of carboxylic acid groups (broad SMARTS) is 1. The SMILES string of the molecule is CCCC(=O)C(C(C)=O)(C(=O)O)C(=O)CCC. The second kappa shape index (κ2) is 6.27. The van der Waals surface area contributed by atoms with Crippen LogP contribution >= 0.6 is 0 Å². The molecule has 5 heteroatoms. The predicted molar refractivity (Wildman–Crippen MR) is 60.6 cm³/mol. The first kappa shape index (κ1) is 15.5. The van der Waals surface area contributed by atoms with Crippen molar-refractivity contribution in [3.05, 3.63) is 0 Å². The molecule has 0 heterocycles. The molecule has 0 saturated heterocycles. The number of aliphatic carboxylic acids is 1. The summed E-state index contributed by atoms with van der Waals surface area (Å²) in [6, 6.07) is 0. The van der Waals surface area contributed by atoms with Crippen LogP contribution in [-0.2, 0) is 19.2 Å². The summed E-state index contributed by atoms with van der Waals surface area (Å²) in [6.07, 6.45) is 0.643. The molecule has 96 valence electrons. The molecule has 0 fully saturated rings. The Morgan fingerprint density at radius 2 is 1.29 bits per heavy atom. The zero-order valence-electron chi connectivity index (χ0n) is 10.4. The van der Waals surface area contributed by atoms with E-state index in [-0.39, 0.29) is 12.8 Å². The van der Waals surface area contributed by atoms with Crippen molar-refractivity contribution in [2.45, 2.75) is 46.5 Å². The number of carbonyl (C=O) groups excluding carboxylic acids is 3. The zero-order valence-corrected chi connectivity index (χ0v) is 10.4. The van der Waals surface area contributed by atoms with E-state index in [4.69, 9.17) is 5.11 Å². The van der Waals surface area contributed by atoms with Crippen molar-refractivity contribution >= 4 is 23.3 Å². The molecule has 0 rings (SSSR count). The highest BCUT2D eigenvalue weighted by Crippen LogP contribution is 2.27. The second-order valence-corrected chi connectivity index (χ2v) is 3.96. The molecule has 0 aliphatic heterocycles. The van der Waals surface area contributed by atoms with Gasteiger partial charge >= 0.3 is 5.97 Å². The first-order valence-electron chi connectivity index (χ1n) is 5.66. The average molecular weight is 242 g/mol. The third kappa shape index (κ3) is 2.78. The fourth-order valence-corrected chi connectivity index (χ4v) is 1.77. The molecule has 0 bridgehead atoms. The van der Waals surface area contributed by atoms with E-state index in [1.165, 1.54) is 0 Å². The largest absolute Gasteiger partial charge is 0.480 e. The lowest BCUT2D eigenvalue weighted by Crippen LogP contribution is -2.51. The van der Waals surface area contributed by atoms with E-state index >= 15 is 0 Å². The minimum atomic E-state index is -2.48. The highest BCUT2D eigenvalue weighted by molar-refractivity contribution is 6.36. The normalized spacial score (nSPS) is 11.0. The lowest BCUT2D eigenvalue weighted by Gasteiger charge is -2.23. The fourth-order valence-electron chi connectivity index (χ4n) is 1.77. The molecule has 0 unspecified atom stereocenters. The van der Waals surface area contributed by atoms with Gasteiger partial charge in [-0.05, 0) is 19.8 Å². The summed E-state index contributed by atoms with van der Waals surface area (Å²) >= 11 is 0. The van der Waals surface area contributed by atoms with E-state index in [1.54, 1.807) is 13.8 Å². The van der Waals surface area contributed by atoms with Gasteiger partial charge in [0, 0.05) is 12.8 Å². The van der Waals surface area contributed by atoms with Gasteiger partial charge in [-0.2, -0.15) is 0 Å². The molecule has 0 aliphatic rings. The smallest absolute Gasteiger partial charge is 0.332 e. The molecular formula is C12H18O5. The van der Waals surface area contributed by atoms with Crippen LogP contribution < -0.4 is 0 Å². The van der Waals surface area contributed by atoms with Crippen LogP contribution in [0.1, 0.15) is 46.5 Å². The van der Waals surface area contributed by atoms with Gasteiger partial charge in [-0.3, -0.25) is 19.2 Å². The van der Waals surface area contributed by atoms with Crippen molar-refractivity contribution in [2.75, 3.05) is 0 Å². The standard InChI is InChI=1S/C12H18O5/c1-4-6-9(14)12(8(3)13,11(16)17)10(15)7-5-2/h4-7H2,1-3H3,(H,16,17). The van der Waals surface area contributed by atoms with Gasteiger partial charge in [-0.1, -0.05) is 13.8 Å². The fraction of sp³-hybridized carbons (Fsp3) is 0.667. The third-order valence-corrected chi connectivity index (χ3v) is 2.64. The number of hydrogen-bond acceptors (Lipinski definition) is 4. The van der Waals surface area contributed by atoms with Crippen LogP contribution in [0.5, 0.6) is 0 Å². The van der Waals surface area contributed by atoms with Crippen molar-refractivity contribution in [1.82, 2.24) is 0 Å². The highest BCUT2D eigenvalue weighted by Gasteiger charge is 2.55.